The Balaban J connectivity index is 1.57. The highest BCUT2D eigenvalue weighted by Crippen LogP contribution is 2.41. The predicted molar refractivity (Wildman–Crippen MR) is 126 cm³/mol. The Labute approximate surface area is 192 Å². The summed E-state index contributed by atoms with van der Waals surface area (Å²) < 4.78 is 6.34. The van der Waals surface area contributed by atoms with Crippen molar-refractivity contribution in [3.63, 3.8) is 0 Å². The second-order valence-electron chi connectivity index (χ2n) is 8.30. The fourth-order valence-electron chi connectivity index (χ4n) is 4.47. The van der Waals surface area contributed by atoms with E-state index in [0.29, 0.717) is 23.7 Å². The number of nitrogens with one attached hydrogen (secondary N) is 1. The van der Waals surface area contributed by atoms with Gasteiger partial charge in [0, 0.05) is 37.9 Å². The molecule has 3 heterocycles. The molecular weight excluding hydrogens is 416 g/mol. The van der Waals surface area contributed by atoms with E-state index >= 15 is 0 Å². The van der Waals surface area contributed by atoms with Gasteiger partial charge in [-0.3, -0.25) is 9.78 Å². The molecule has 0 spiro atoms. The molecule has 0 bridgehead atoms. The largest absolute Gasteiger partial charge is 0.457 e. The van der Waals surface area contributed by atoms with Gasteiger partial charge in [0.2, 0.25) is 5.91 Å². The van der Waals surface area contributed by atoms with Gasteiger partial charge < -0.3 is 19.7 Å². The van der Waals surface area contributed by atoms with Crippen LogP contribution in [0.4, 0.5) is 0 Å². The fraction of sp³-hybridized carbons (Fsp3) is 0.269. The number of pyridine rings is 1. The monoisotopic (exact) mass is 442 g/mol. The van der Waals surface area contributed by atoms with E-state index in [-0.39, 0.29) is 18.6 Å². The number of aliphatic hydroxyl groups is 1. The molecule has 0 saturated carbocycles. The number of hydrogen-bond donors (Lipinski definition) is 2. The number of benzene rings is 2. The van der Waals surface area contributed by atoms with Crippen LogP contribution in [0.2, 0.25) is 0 Å². The zero-order valence-corrected chi connectivity index (χ0v) is 18.5. The third-order valence-electron chi connectivity index (χ3n) is 6.09. The zero-order chi connectivity index (χ0) is 22.8. The van der Waals surface area contributed by atoms with Crippen LogP contribution < -0.4 is 4.74 Å². The second-order valence-corrected chi connectivity index (χ2v) is 8.30. The van der Waals surface area contributed by atoms with Crippen LogP contribution in [0.5, 0.6) is 11.5 Å². The van der Waals surface area contributed by atoms with E-state index in [4.69, 9.17) is 14.8 Å². The molecule has 1 fully saturated rings. The van der Waals surface area contributed by atoms with Crippen LogP contribution in [0.1, 0.15) is 36.9 Å². The molecule has 2 N–H and O–H groups in total. The molecule has 1 atom stereocenters. The van der Waals surface area contributed by atoms with Crippen molar-refractivity contribution in [3.8, 4) is 23.0 Å². The fourth-order valence-corrected chi connectivity index (χ4v) is 4.47. The molecule has 0 aliphatic carbocycles. The average Bonchev–Trinajstić information content (AvgIpc) is 3.48. The molecule has 1 amide bonds. The molecule has 0 radical (unpaired) electrons. The number of nitrogens with zero attached hydrogens (tertiary/aromatic N) is 3. The van der Waals surface area contributed by atoms with Crippen molar-refractivity contribution in [1.29, 1.82) is 0 Å². The molecule has 33 heavy (non-hydrogen) atoms. The standard InChI is InChI=1S/C26H26N4O3/c1-17(32)30-13-4-6-24(30)20-15-22-23(29-26(28-22)21-5-2-3-12-27-21)16-25(20)33-19-9-7-18(8-10-19)11-14-31/h2-3,5,7-10,12,15-16,24,31H,4,6,11,13-14H2,1H3,(H,28,29). The molecule has 5 rings (SSSR count). The molecule has 4 aromatic rings. The van der Waals surface area contributed by atoms with Crippen LogP contribution in [-0.2, 0) is 11.2 Å². The summed E-state index contributed by atoms with van der Waals surface area (Å²) in [6.45, 7) is 2.48. The number of rotatable bonds is 6. The van der Waals surface area contributed by atoms with Crippen molar-refractivity contribution in [2.24, 2.45) is 0 Å². The van der Waals surface area contributed by atoms with Crippen molar-refractivity contribution in [1.82, 2.24) is 19.9 Å². The van der Waals surface area contributed by atoms with E-state index in [2.05, 4.69) is 16.0 Å². The highest BCUT2D eigenvalue weighted by molar-refractivity contribution is 5.82. The maximum absolute atomic E-state index is 12.3. The van der Waals surface area contributed by atoms with Gasteiger partial charge in [-0.2, -0.15) is 0 Å². The maximum Gasteiger partial charge on any atom is 0.219 e. The third-order valence-corrected chi connectivity index (χ3v) is 6.09. The summed E-state index contributed by atoms with van der Waals surface area (Å²) in [5, 5.41) is 9.16. The lowest BCUT2D eigenvalue weighted by Gasteiger charge is -2.25. The number of hydrogen-bond acceptors (Lipinski definition) is 5. The molecule has 168 valence electrons. The Morgan fingerprint density at radius 3 is 2.79 bits per heavy atom. The number of likely N-dealkylation sites (tertiary alicyclic amines) is 1. The van der Waals surface area contributed by atoms with Gasteiger partial charge in [-0.1, -0.05) is 18.2 Å². The number of aromatic amines is 1. The van der Waals surface area contributed by atoms with Crippen molar-refractivity contribution in [2.75, 3.05) is 13.2 Å². The molecule has 1 aliphatic heterocycles. The van der Waals surface area contributed by atoms with Gasteiger partial charge >= 0.3 is 0 Å². The Hall–Kier alpha value is -3.71. The maximum atomic E-state index is 12.3. The van der Waals surface area contributed by atoms with Gasteiger partial charge in [-0.15, -0.1) is 0 Å². The van der Waals surface area contributed by atoms with Crippen molar-refractivity contribution < 1.29 is 14.6 Å². The minimum absolute atomic E-state index is 0.0443. The molecule has 1 unspecified atom stereocenters. The first-order chi connectivity index (χ1) is 16.1. The Morgan fingerprint density at radius 2 is 2.06 bits per heavy atom. The van der Waals surface area contributed by atoms with Gasteiger partial charge in [0.05, 0.1) is 17.1 Å². The summed E-state index contributed by atoms with van der Waals surface area (Å²) in [7, 11) is 0. The molecule has 1 aliphatic rings. The zero-order valence-electron chi connectivity index (χ0n) is 18.5. The number of ether oxygens (including phenoxy) is 1. The van der Waals surface area contributed by atoms with E-state index in [0.717, 1.165) is 47.2 Å². The van der Waals surface area contributed by atoms with E-state index in [1.54, 1.807) is 13.1 Å². The van der Waals surface area contributed by atoms with Crippen LogP contribution in [-0.4, -0.2) is 44.0 Å². The van der Waals surface area contributed by atoms with Crippen LogP contribution in [0.3, 0.4) is 0 Å². The van der Waals surface area contributed by atoms with Crippen molar-refractivity contribution in [3.05, 3.63) is 71.9 Å². The molecule has 2 aromatic heterocycles. The van der Waals surface area contributed by atoms with Gasteiger partial charge in [-0.05, 0) is 55.2 Å². The van der Waals surface area contributed by atoms with Gasteiger partial charge in [0.1, 0.15) is 17.2 Å². The SMILES string of the molecule is CC(=O)N1CCCC1c1cc2[nH]c(-c3ccccn3)nc2cc1Oc1ccc(CCO)cc1. The minimum Gasteiger partial charge on any atom is -0.457 e. The number of aromatic nitrogens is 3. The first kappa shape index (κ1) is 21.2. The molecule has 7 heteroatoms. The predicted octanol–water partition coefficient (Wildman–Crippen LogP) is 4.64. The molecule has 7 nitrogen and oxygen atoms in total. The Morgan fingerprint density at radius 1 is 1.21 bits per heavy atom. The smallest absolute Gasteiger partial charge is 0.219 e. The lowest BCUT2D eigenvalue weighted by Crippen LogP contribution is -2.28. The summed E-state index contributed by atoms with van der Waals surface area (Å²) >= 11 is 0. The van der Waals surface area contributed by atoms with Crippen LogP contribution >= 0.6 is 0 Å². The lowest BCUT2D eigenvalue weighted by molar-refractivity contribution is -0.129. The van der Waals surface area contributed by atoms with Gasteiger partial charge in [0.25, 0.3) is 0 Å². The van der Waals surface area contributed by atoms with Crippen molar-refractivity contribution in [2.45, 2.75) is 32.2 Å². The summed E-state index contributed by atoms with van der Waals surface area (Å²) in [4.78, 5) is 26.7. The molecule has 1 saturated heterocycles. The van der Waals surface area contributed by atoms with E-state index in [1.165, 1.54) is 0 Å². The van der Waals surface area contributed by atoms with Gasteiger partial charge in [-0.25, -0.2) is 4.98 Å². The summed E-state index contributed by atoms with van der Waals surface area (Å²) in [5.74, 6) is 2.15. The second kappa shape index (κ2) is 9.03. The normalized spacial score (nSPS) is 15.8. The number of fused-ring (bicyclic) bond motifs is 1. The number of amides is 1. The topological polar surface area (TPSA) is 91.3 Å². The number of imidazole rings is 1. The number of H-pyrrole nitrogens is 1. The van der Waals surface area contributed by atoms with Gasteiger partial charge in [0.15, 0.2) is 5.82 Å². The summed E-state index contributed by atoms with van der Waals surface area (Å²) in [6, 6.07) is 17.4. The first-order valence-corrected chi connectivity index (χ1v) is 11.2. The summed E-state index contributed by atoms with van der Waals surface area (Å²) in [5.41, 5.74) is 4.44. The molecular formula is C26H26N4O3. The average molecular weight is 443 g/mol. The number of carbonyl (C=O) groups is 1. The van der Waals surface area contributed by atoms with Crippen LogP contribution in [0.25, 0.3) is 22.6 Å². The van der Waals surface area contributed by atoms with Crippen LogP contribution in [0, 0.1) is 0 Å². The Bertz CT molecular complexity index is 1270. The van der Waals surface area contributed by atoms with E-state index < -0.39 is 0 Å². The third kappa shape index (κ3) is 4.32. The lowest BCUT2D eigenvalue weighted by atomic mass is 10.0. The summed E-state index contributed by atoms with van der Waals surface area (Å²) in [6.07, 6.45) is 4.20. The van der Waals surface area contributed by atoms with Crippen molar-refractivity contribution >= 4 is 16.9 Å². The number of carbonyl (C=O) groups excluding carboxylic acids is 1. The highest BCUT2D eigenvalue weighted by atomic mass is 16.5. The highest BCUT2D eigenvalue weighted by Gasteiger charge is 2.31. The first-order valence-electron chi connectivity index (χ1n) is 11.2. The van der Waals surface area contributed by atoms with E-state index in [9.17, 15) is 4.79 Å². The van der Waals surface area contributed by atoms with E-state index in [1.807, 2.05) is 53.4 Å². The van der Waals surface area contributed by atoms with Crippen LogP contribution in [0.15, 0.2) is 60.8 Å². The Kier molecular flexibility index (Phi) is 5.79. The number of aliphatic hydroxyl groups excluding tert-OH is 1. The minimum atomic E-state index is -0.0443. The molecule has 2 aromatic carbocycles. The quantitative estimate of drug-likeness (QED) is 0.454.